The molecule has 0 nitrogen and oxygen atoms in total. The molecular weight excluding hydrogens is 931 g/mol. The summed E-state index contributed by atoms with van der Waals surface area (Å²) >= 11 is 1.82. The first-order chi connectivity index (χ1) is 30.0. The number of hydrogen-bond acceptors (Lipinski definition) is 0. The van der Waals surface area contributed by atoms with Gasteiger partial charge in [-0.2, -0.15) is 0 Å². The van der Waals surface area contributed by atoms with E-state index in [2.05, 4.69) is 211 Å². The van der Waals surface area contributed by atoms with E-state index >= 15 is 0 Å². The van der Waals surface area contributed by atoms with E-state index in [4.69, 9.17) is 0 Å². The van der Waals surface area contributed by atoms with Gasteiger partial charge in [0, 0.05) is 0 Å². The van der Waals surface area contributed by atoms with Gasteiger partial charge in [-0.1, -0.05) is 226 Å². The van der Waals surface area contributed by atoms with Crippen LogP contribution in [0.5, 0.6) is 0 Å². The standard InChI is InChI=1S/C52H48P2.C6H6.2ClH.Ru/c1-33-21-34(2)26-43(25-33)53(44-27-35(3)22-36(4)28-44)49-19-17-41-13-9-11-15-47(41)51(49)52-48-16-12-10-14-42(48)18-20-50(52)54(45-29-37(5)23-38(6)30-45)46-31-39(7)24-40(8)32-46;1-2-4-6-5-3-1;;;/h9-32H,1-8H3;1-6H;2*1H;/q;;;;+2/p-2. The normalized spacial score (nSPS) is 10.9. The Labute approximate surface area is 398 Å². The molecule has 0 spiro atoms. The van der Waals surface area contributed by atoms with Gasteiger partial charge in [0.15, 0.2) is 0 Å². The molecule has 0 aliphatic carbocycles. The van der Waals surface area contributed by atoms with Crippen LogP contribution in [-0.2, 0) is 17.3 Å². The molecule has 0 aliphatic heterocycles. The van der Waals surface area contributed by atoms with Crippen LogP contribution in [-0.4, -0.2) is 0 Å². The molecule has 9 rings (SSSR count). The maximum absolute atomic E-state index is 4.57. The molecule has 0 radical (unpaired) electrons. The molecule has 0 unspecified atom stereocenters. The molecular formula is C58H54Cl2P2Ru. The summed E-state index contributed by atoms with van der Waals surface area (Å²) in [7, 11) is 2.69. The zero-order valence-electron chi connectivity index (χ0n) is 37.3. The van der Waals surface area contributed by atoms with Crippen LogP contribution in [0.2, 0.25) is 0 Å². The first kappa shape index (κ1) is 48.0. The van der Waals surface area contributed by atoms with Crippen molar-refractivity contribution in [2.75, 3.05) is 0 Å². The van der Waals surface area contributed by atoms with E-state index in [1.807, 2.05) is 53.7 Å². The van der Waals surface area contributed by atoms with Crippen LogP contribution < -0.4 is 44.2 Å². The van der Waals surface area contributed by atoms with Gasteiger partial charge in [0.05, 0.1) is 0 Å². The summed E-state index contributed by atoms with van der Waals surface area (Å²) in [4.78, 5) is 0. The summed E-state index contributed by atoms with van der Waals surface area (Å²) in [5, 5.41) is 13.6. The van der Waals surface area contributed by atoms with Gasteiger partial charge in [-0.15, -0.1) is 0 Å². The molecule has 0 aliphatic rings. The summed E-state index contributed by atoms with van der Waals surface area (Å²) in [6, 6.07) is 68.6. The van der Waals surface area contributed by atoms with Gasteiger partial charge in [-0.25, -0.2) is 0 Å². The molecule has 0 saturated carbocycles. The molecule has 5 heteroatoms. The van der Waals surface area contributed by atoms with E-state index in [0.717, 1.165) is 0 Å². The van der Waals surface area contributed by atoms with Crippen molar-refractivity contribution in [3.63, 3.8) is 0 Å². The summed E-state index contributed by atoms with van der Waals surface area (Å²) in [5.41, 5.74) is 13.2. The number of aryl methyl sites for hydroxylation is 8. The molecule has 9 aromatic carbocycles. The van der Waals surface area contributed by atoms with Crippen LogP contribution in [0.4, 0.5) is 0 Å². The molecule has 0 heterocycles. The Morgan fingerprint density at radius 3 is 0.794 bits per heavy atom. The maximum atomic E-state index is 4.57. The Morgan fingerprint density at radius 1 is 0.302 bits per heavy atom. The van der Waals surface area contributed by atoms with Gasteiger partial charge < -0.3 is 12.4 Å². The van der Waals surface area contributed by atoms with Crippen molar-refractivity contribution in [1.82, 2.24) is 0 Å². The fourth-order valence-electron chi connectivity index (χ4n) is 8.98. The Hall–Kier alpha value is -4.44. The monoisotopic (exact) mass is 984 g/mol. The van der Waals surface area contributed by atoms with E-state index in [9.17, 15) is 0 Å². The van der Waals surface area contributed by atoms with Crippen LogP contribution in [0.1, 0.15) is 44.5 Å². The smallest absolute Gasteiger partial charge is 0.0623 e. The van der Waals surface area contributed by atoms with Crippen molar-refractivity contribution in [3.8, 4) is 11.1 Å². The first-order valence-electron chi connectivity index (χ1n) is 21.1. The first-order valence-corrected chi connectivity index (χ1v) is 26.1. The van der Waals surface area contributed by atoms with Crippen LogP contribution >= 0.6 is 25.5 Å². The van der Waals surface area contributed by atoms with Gasteiger partial charge >= 0.3 is 27.0 Å². The Balaban J connectivity index is 0.000000670. The summed E-state index contributed by atoms with van der Waals surface area (Å²) in [6.07, 6.45) is 0. The molecule has 0 amide bonds. The number of halogens is 2. The van der Waals surface area contributed by atoms with Gasteiger partial charge in [0.25, 0.3) is 0 Å². The van der Waals surface area contributed by atoms with E-state index < -0.39 is 15.8 Å². The zero-order valence-corrected chi connectivity index (χ0v) is 42.4. The second kappa shape index (κ2) is 22.0. The van der Waals surface area contributed by atoms with Crippen molar-refractivity contribution < 1.29 is 29.7 Å². The molecule has 9 aromatic rings. The summed E-state index contributed by atoms with van der Waals surface area (Å²) < 4.78 is 0. The SMILES string of the molecule is Cc1cc(C)cc(P(c2cc(C)cc(C)c2)c2ccc3ccccc3c2-c2c(P(c3cc(C)cc(C)c3)c3cc(C)cc(C)c3)ccc3ccccc23)c1.[Cl-].[Cl][Ru+].c1ccccc1. The Bertz CT molecular complexity index is 2600. The zero-order chi connectivity index (χ0) is 43.9. The Kier molecular flexibility index (Phi) is 16.7. The largest absolute Gasteiger partial charge is 0.0623 e. The molecule has 0 atom stereocenters. The quantitative estimate of drug-likeness (QED) is 0.110. The predicted octanol–water partition coefficient (Wildman–Crippen LogP) is 11.0. The van der Waals surface area contributed by atoms with Crippen LogP contribution in [0.3, 0.4) is 0 Å². The van der Waals surface area contributed by atoms with E-state index in [0.29, 0.717) is 0 Å². The van der Waals surface area contributed by atoms with Gasteiger partial charge in [-0.3, -0.25) is 0 Å². The second-order valence-electron chi connectivity index (χ2n) is 16.6. The molecule has 0 aromatic heterocycles. The van der Waals surface area contributed by atoms with Crippen molar-refractivity contribution in [1.29, 1.82) is 0 Å². The van der Waals surface area contributed by atoms with E-state index in [-0.39, 0.29) is 12.4 Å². The maximum Gasteiger partial charge on any atom is -0.0623 e. The minimum atomic E-state index is -0.937. The molecule has 0 bridgehead atoms. The average molecular weight is 985 g/mol. The third-order valence-electron chi connectivity index (χ3n) is 11.1. The van der Waals surface area contributed by atoms with E-state index in [1.54, 1.807) is 0 Å². The van der Waals surface area contributed by atoms with E-state index in [1.165, 1.54) is 109 Å². The van der Waals surface area contributed by atoms with Crippen molar-refractivity contribution in [2.24, 2.45) is 0 Å². The van der Waals surface area contributed by atoms with Crippen molar-refractivity contribution in [3.05, 3.63) is 226 Å². The molecule has 0 N–H and O–H groups in total. The fraction of sp³-hybridized carbons (Fsp3) is 0.138. The Morgan fingerprint density at radius 2 is 0.540 bits per heavy atom. The van der Waals surface area contributed by atoms with Gasteiger partial charge in [-0.05, 0) is 136 Å². The minimum absolute atomic E-state index is 0. The summed E-state index contributed by atoms with van der Waals surface area (Å²) in [5.74, 6) is 0. The molecule has 0 saturated heterocycles. The number of rotatable bonds is 7. The van der Waals surface area contributed by atoms with Gasteiger partial charge in [0.1, 0.15) is 0 Å². The fourth-order valence-corrected chi connectivity index (χ4v) is 14.7. The van der Waals surface area contributed by atoms with Crippen LogP contribution in [0.15, 0.2) is 182 Å². The minimum Gasteiger partial charge on any atom is -0.0623 e. The molecule has 63 heavy (non-hydrogen) atoms. The van der Waals surface area contributed by atoms with Crippen molar-refractivity contribution >= 4 is 78.9 Å². The molecule has 318 valence electrons. The molecule has 0 fully saturated rings. The van der Waals surface area contributed by atoms with Crippen LogP contribution in [0.25, 0.3) is 32.7 Å². The topological polar surface area (TPSA) is 0 Å². The number of fused-ring (bicyclic) bond motifs is 2. The average Bonchev–Trinajstić information content (AvgIpc) is 3.24. The number of hydrogen-bond donors (Lipinski definition) is 0. The second-order valence-corrected chi connectivity index (χ2v) is 20.9. The third kappa shape index (κ3) is 11.3. The van der Waals surface area contributed by atoms with Crippen LogP contribution in [0, 0.1) is 55.4 Å². The summed E-state index contributed by atoms with van der Waals surface area (Å²) in [6.45, 7) is 18.0. The predicted molar refractivity (Wildman–Crippen MR) is 274 cm³/mol. The van der Waals surface area contributed by atoms with Crippen molar-refractivity contribution in [2.45, 2.75) is 55.4 Å². The third-order valence-corrected chi connectivity index (χ3v) is 15.9. The number of benzene rings is 9. The van der Waals surface area contributed by atoms with Gasteiger partial charge in [0.2, 0.25) is 0 Å².